The van der Waals surface area contributed by atoms with Crippen molar-refractivity contribution < 1.29 is 8.81 Å². The van der Waals surface area contributed by atoms with E-state index in [9.17, 15) is 4.39 Å². The molecule has 0 fully saturated rings. The molecule has 3 nitrogen and oxygen atoms in total. The Balaban J connectivity index is 2.57. The van der Waals surface area contributed by atoms with Gasteiger partial charge in [0, 0.05) is 17.6 Å². The molecule has 16 heavy (non-hydrogen) atoms. The molecule has 0 saturated heterocycles. The molecular formula is C11H10ClFN2O. The van der Waals surface area contributed by atoms with E-state index in [-0.39, 0.29) is 5.82 Å². The summed E-state index contributed by atoms with van der Waals surface area (Å²) in [5.74, 6) is 0.175. The summed E-state index contributed by atoms with van der Waals surface area (Å²) in [5, 5.41) is 3.22. The van der Waals surface area contributed by atoms with Crippen molar-refractivity contribution in [2.75, 3.05) is 12.4 Å². The van der Waals surface area contributed by atoms with Gasteiger partial charge in [-0.25, -0.2) is 4.39 Å². The standard InChI is InChI=1S/C11H10ClFN2O/c1-6-10(15-11(14-2)16-6)8-5-7(12)3-4-9(8)13/h3-5H,1-2H3,(H,14,15). The fourth-order valence-corrected chi connectivity index (χ4v) is 1.60. The third-order valence-electron chi connectivity index (χ3n) is 2.19. The lowest BCUT2D eigenvalue weighted by atomic mass is 10.1. The smallest absolute Gasteiger partial charge is 0.295 e. The van der Waals surface area contributed by atoms with Gasteiger partial charge in [0.2, 0.25) is 0 Å². The van der Waals surface area contributed by atoms with Crippen LogP contribution in [0.3, 0.4) is 0 Å². The zero-order valence-corrected chi connectivity index (χ0v) is 9.60. The first-order valence-corrected chi connectivity index (χ1v) is 5.10. The van der Waals surface area contributed by atoms with E-state index in [0.29, 0.717) is 28.1 Å². The van der Waals surface area contributed by atoms with Crippen LogP contribution in [0.5, 0.6) is 0 Å². The van der Waals surface area contributed by atoms with Gasteiger partial charge in [0.15, 0.2) is 0 Å². The van der Waals surface area contributed by atoms with Crippen LogP contribution in [-0.2, 0) is 0 Å². The Kier molecular flexibility index (Phi) is 2.83. The molecule has 0 aliphatic rings. The van der Waals surface area contributed by atoms with E-state index >= 15 is 0 Å². The molecule has 0 aliphatic heterocycles. The van der Waals surface area contributed by atoms with E-state index in [4.69, 9.17) is 16.0 Å². The Morgan fingerprint density at radius 2 is 2.19 bits per heavy atom. The van der Waals surface area contributed by atoms with Crippen LogP contribution in [0.25, 0.3) is 11.3 Å². The van der Waals surface area contributed by atoms with Crippen molar-refractivity contribution >= 4 is 17.6 Å². The fourth-order valence-electron chi connectivity index (χ4n) is 1.43. The monoisotopic (exact) mass is 240 g/mol. The molecule has 1 aromatic carbocycles. The average Bonchev–Trinajstić information content (AvgIpc) is 2.63. The number of rotatable bonds is 2. The third kappa shape index (κ3) is 1.88. The molecule has 0 unspecified atom stereocenters. The van der Waals surface area contributed by atoms with E-state index in [1.165, 1.54) is 18.2 Å². The maximum atomic E-state index is 13.6. The van der Waals surface area contributed by atoms with E-state index in [1.807, 2.05) is 0 Å². The van der Waals surface area contributed by atoms with Crippen LogP contribution in [-0.4, -0.2) is 12.0 Å². The molecule has 1 aromatic heterocycles. The number of aryl methyl sites for hydroxylation is 1. The molecule has 0 amide bonds. The third-order valence-corrected chi connectivity index (χ3v) is 2.43. The predicted molar refractivity (Wildman–Crippen MR) is 61.2 cm³/mol. The van der Waals surface area contributed by atoms with Gasteiger partial charge in [0.1, 0.15) is 17.3 Å². The zero-order valence-electron chi connectivity index (χ0n) is 8.84. The summed E-state index contributed by atoms with van der Waals surface area (Å²) in [6.45, 7) is 1.73. The molecule has 0 atom stereocenters. The normalized spacial score (nSPS) is 10.5. The second kappa shape index (κ2) is 4.14. The maximum absolute atomic E-state index is 13.6. The first kappa shape index (κ1) is 11.0. The van der Waals surface area contributed by atoms with Gasteiger partial charge in [-0.3, -0.25) is 0 Å². The van der Waals surface area contributed by atoms with Crippen LogP contribution in [0.15, 0.2) is 22.6 Å². The summed E-state index contributed by atoms with van der Waals surface area (Å²) < 4.78 is 18.9. The molecule has 2 rings (SSSR count). The van der Waals surface area contributed by atoms with Gasteiger partial charge in [-0.15, -0.1) is 0 Å². The Morgan fingerprint density at radius 1 is 1.44 bits per heavy atom. The maximum Gasteiger partial charge on any atom is 0.295 e. The second-order valence-corrected chi connectivity index (χ2v) is 3.73. The quantitative estimate of drug-likeness (QED) is 0.873. The number of halogens is 2. The average molecular weight is 241 g/mol. The Bertz CT molecular complexity index is 525. The van der Waals surface area contributed by atoms with E-state index in [0.717, 1.165) is 0 Å². The topological polar surface area (TPSA) is 38.1 Å². The minimum absolute atomic E-state index is 0.343. The molecule has 1 N–H and O–H groups in total. The van der Waals surface area contributed by atoms with Crippen LogP contribution >= 0.6 is 11.6 Å². The van der Waals surface area contributed by atoms with Crippen molar-refractivity contribution in [2.45, 2.75) is 6.92 Å². The summed E-state index contributed by atoms with van der Waals surface area (Å²) >= 11 is 5.82. The summed E-state index contributed by atoms with van der Waals surface area (Å²) in [5.41, 5.74) is 0.805. The van der Waals surface area contributed by atoms with Crippen molar-refractivity contribution in [1.29, 1.82) is 0 Å². The fraction of sp³-hybridized carbons (Fsp3) is 0.182. The zero-order chi connectivity index (χ0) is 11.7. The van der Waals surface area contributed by atoms with E-state index in [2.05, 4.69) is 10.3 Å². The minimum atomic E-state index is -0.372. The summed E-state index contributed by atoms with van der Waals surface area (Å²) in [7, 11) is 1.68. The Labute approximate surface area is 97.3 Å². The molecule has 0 bridgehead atoms. The molecule has 0 spiro atoms. The largest absolute Gasteiger partial charge is 0.428 e. The molecule has 84 valence electrons. The van der Waals surface area contributed by atoms with E-state index in [1.54, 1.807) is 14.0 Å². The van der Waals surface area contributed by atoms with Gasteiger partial charge >= 0.3 is 0 Å². The first-order valence-electron chi connectivity index (χ1n) is 4.72. The number of nitrogens with zero attached hydrogens (tertiary/aromatic N) is 1. The number of aromatic nitrogens is 1. The van der Waals surface area contributed by atoms with Crippen LogP contribution in [0, 0.1) is 12.7 Å². The summed E-state index contributed by atoms with van der Waals surface area (Å²) in [4.78, 5) is 4.12. The van der Waals surface area contributed by atoms with Crippen molar-refractivity contribution in [1.82, 2.24) is 4.98 Å². The highest BCUT2D eigenvalue weighted by molar-refractivity contribution is 6.30. The predicted octanol–water partition coefficient (Wildman–Crippen LogP) is 3.48. The second-order valence-electron chi connectivity index (χ2n) is 3.30. The number of oxazole rings is 1. The lowest BCUT2D eigenvalue weighted by Gasteiger charge is -2.00. The van der Waals surface area contributed by atoms with Crippen molar-refractivity contribution in [3.63, 3.8) is 0 Å². The highest BCUT2D eigenvalue weighted by Gasteiger charge is 2.14. The van der Waals surface area contributed by atoms with Crippen LogP contribution in [0.1, 0.15) is 5.76 Å². The van der Waals surface area contributed by atoms with Gasteiger partial charge in [-0.1, -0.05) is 11.6 Å². The van der Waals surface area contributed by atoms with Gasteiger partial charge in [0.05, 0.1) is 0 Å². The van der Waals surface area contributed by atoms with E-state index < -0.39 is 0 Å². The molecular weight excluding hydrogens is 231 g/mol. The summed E-state index contributed by atoms with van der Waals surface area (Å²) in [6.07, 6.45) is 0. The van der Waals surface area contributed by atoms with Crippen LogP contribution in [0.4, 0.5) is 10.4 Å². The molecule has 2 aromatic rings. The van der Waals surface area contributed by atoms with Crippen LogP contribution in [0.2, 0.25) is 5.02 Å². The van der Waals surface area contributed by atoms with Crippen molar-refractivity contribution in [3.05, 3.63) is 34.8 Å². The van der Waals surface area contributed by atoms with Crippen molar-refractivity contribution in [3.8, 4) is 11.3 Å². The molecule has 5 heteroatoms. The lowest BCUT2D eigenvalue weighted by molar-refractivity contribution is 0.544. The minimum Gasteiger partial charge on any atom is -0.428 e. The highest BCUT2D eigenvalue weighted by atomic mass is 35.5. The molecule has 1 heterocycles. The van der Waals surface area contributed by atoms with Gasteiger partial charge in [-0.05, 0) is 25.1 Å². The molecule has 0 radical (unpaired) electrons. The van der Waals surface area contributed by atoms with Gasteiger partial charge in [0.25, 0.3) is 6.01 Å². The van der Waals surface area contributed by atoms with Crippen LogP contribution < -0.4 is 5.32 Å². The molecule has 0 aliphatic carbocycles. The number of anilines is 1. The number of hydrogen-bond donors (Lipinski definition) is 1. The Morgan fingerprint density at radius 3 is 2.81 bits per heavy atom. The first-order chi connectivity index (χ1) is 7.61. The number of nitrogens with one attached hydrogen (secondary N) is 1. The number of benzene rings is 1. The SMILES string of the molecule is CNc1nc(-c2cc(Cl)ccc2F)c(C)o1. The van der Waals surface area contributed by atoms with Crippen molar-refractivity contribution in [2.24, 2.45) is 0 Å². The molecule has 0 saturated carbocycles. The summed E-state index contributed by atoms with van der Waals surface area (Å²) in [6, 6.07) is 4.69. The lowest BCUT2D eigenvalue weighted by Crippen LogP contribution is -1.89. The Hall–Kier alpha value is -1.55. The highest BCUT2D eigenvalue weighted by Crippen LogP contribution is 2.29. The van der Waals surface area contributed by atoms with Gasteiger partial charge < -0.3 is 9.73 Å². The van der Waals surface area contributed by atoms with Gasteiger partial charge in [-0.2, -0.15) is 4.98 Å². The number of hydrogen-bond acceptors (Lipinski definition) is 3.